The number of alkyl halides is 3. The van der Waals surface area contributed by atoms with E-state index in [4.69, 9.17) is 9.47 Å². The molecule has 5 nitrogen and oxygen atoms in total. The molecule has 2 aromatic rings. The Morgan fingerprint density at radius 1 is 1.00 bits per heavy atom. The highest BCUT2D eigenvalue weighted by atomic mass is 19.4. The van der Waals surface area contributed by atoms with Gasteiger partial charge in [0.2, 0.25) is 5.60 Å². The molecular weight excluding hydrogens is 435 g/mol. The number of benzene rings is 2. The molecule has 3 atom stereocenters. The molecule has 0 aliphatic carbocycles. The summed E-state index contributed by atoms with van der Waals surface area (Å²) in [6.45, 7) is 2.61. The van der Waals surface area contributed by atoms with Gasteiger partial charge in [-0.05, 0) is 25.5 Å². The average molecular weight is 463 g/mol. The summed E-state index contributed by atoms with van der Waals surface area (Å²) in [6, 6.07) is 16.3. The smallest absolute Gasteiger partial charge is 0.428 e. The number of carbonyl (C=O) groups is 2. The third-order valence-corrected chi connectivity index (χ3v) is 6.10. The molecule has 178 valence electrons. The number of Topliss-reactive ketones (excluding diaryl/α,β-unsaturated/α-hetero) is 1. The zero-order valence-corrected chi connectivity index (χ0v) is 18.7. The van der Waals surface area contributed by atoms with Crippen LogP contribution >= 0.6 is 0 Å². The Bertz CT molecular complexity index is 936. The van der Waals surface area contributed by atoms with Crippen molar-refractivity contribution < 1.29 is 32.2 Å². The molecule has 1 saturated heterocycles. The molecule has 0 saturated carbocycles. The van der Waals surface area contributed by atoms with Crippen molar-refractivity contribution in [2.75, 3.05) is 26.8 Å². The molecular formula is C25H28F3NO4. The van der Waals surface area contributed by atoms with Gasteiger partial charge in [-0.3, -0.25) is 14.5 Å². The van der Waals surface area contributed by atoms with Crippen LogP contribution in [0.1, 0.15) is 24.5 Å². The summed E-state index contributed by atoms with van der Waals surface area (Å²) in [5.74, 6) is -4.07. The number of carbonyl (C=O) groups excluding carboxylic acids is 2. The first-order chi connectivity index (χ1) is 15.7. The van der Waals surface area contributed by atoms with E-state index in [0.717, 1.165) is 12.7 Å². The number of likely N-dealkylation sites (tertiary alicyclic amines) is 1. The second-order valence-electron chi connectivity index (χ2n) is 8.09. The fourth-order valence-electron chi connectivity index (χ4n) is 4.52. The quantitative estimate of drug-likeness (QED) is 0.545. The third-order valence-electron chi connectivity index (χ3n) is 6.10. The highest BCUT2D eigenvalue weighted by Crippen LogP contribution is 2.46. The Morgan fingerprint density at radius 2 is 1.61 bits per heavy atom. The van der Waals surface area contributed by atoms with Crippen LogP contribution in [0.2, 0.25) is 0 Å². The lowest BCUT2D eigenvalue weighted by Crippen LogP contribution is -2.58. The van der Waals surface area contributed by atoms with Gasteiger partial charge in [0.25, 0.3) is 0 Å². The van der Waals surface area contributed by atoms with E-state index in [1.54, 1.807) is 13.0 Å². The van der Waals surface area contributed by atoms with Gasteiger partial charge in [0.15, 0.2) is 5.78 Å². The van der Waals surface area contributed by atoms with E-state index in [1.807, 2.05) is 35.2 Å². The highest BCUT2D eigenvalue weighted by Gasteiger charge is 2.64. The van der Waals surface area contributed by atoms with E-state index in [9.17, 15) is 22.8 Å². The van der Waals surface area contributed by atoms with Crippen LogP contribution in [-0.4, -0.2) is 49.6 Å². The summed E-state index contributed by atoms with van der Waals surface area (Å²) in [5.41, 5.74) is -2.53. The number of nitrogens with zero attached hydrogens (tertiary/aromatic N) is 1. The molecule has 1 fully saturated rings. The molecule has 0 amide bonds. The highest BCUT2D eigenvalue weighted by molar-refractivity contribution is 5.95. The summed E-state index contributed by atoms with van der Waals surface area (Å²) < 4.78 is 53.7. The predicted molar refractivity (Wildman–Crippen MR) is 116 cm³/mol. The van der Waals surface area contributed by atoms with Gasteiger partial charge in [-0.25, -0.2) is 0 Å². The van der Waals surface area contributed by atoms with E-state index in [-0.39, 0.29) is 25.1 Å². The zero-order chi connectivity index (χ0) is 24.1. The Labute approximate surface area is 191 Å². The van der Waals surface area contributed by atoms with Crippen LogP contribution in [0.3, 0.4) is 0 Å². The van der Waals surface area contributed by atoms with E-state index >= 15 is 0 Å². The fourth-order valence-corrected chi connectivity index (χ4v) is 4.52. The number of ether oxygens (including phenoxy) is 2. The Hall–Kier alpha value is -2.71. The van der Waals surface area contributed by atoms with Gasteiger partial charge < -0.3 is 9.47 Å². The lowest BCUT2D eigenvalue weighted by molar-refractivity contribution is -0.267. The molecule has 0 spiro atoms. The second-order valence-corrected chi connectivity index (χ2v) is 8.09. The van der Waals surface area contributed by atoms with Crippen LogP contribution in [0.4, 0.5) is 13.2 Å². The van der Waals surface area contributed by atoms with Gasteiger partial charge in [-0.15, -0.1) is 0 Å². The largest absolute Gasteiger partial charge is 0.466 e. The van der Waals surface area contributed by atoms with Crippen LogP contribution in [0.5, 0.6) is 0 Å². The van der Waals surface area contributed by atoms with Gasteiger partial charge in [-0.2, -0.15) is 13.2 Å². The summed E-state index contributed by atoms with van der Waals surface area (Å²) in [6.07, 6.45) is -4.81. The van der Waals surface area contributed by atoms with Crippen LogP contribution in [0.15, 0.2) is 60.7 Å². The van der Waals surface area contributed by atoms with E-state index in [2.05, 4.69) is 0 Å². The van der Waals surface area contributed by atoms with Gasteiger partial charge in [-0.1, -0.05) is 60.7 Å². The molecule has 1 aliphatic heterocycles. The lowest BCUT2D eigenvalue weighted by atomic mass is 9.74. The van der Waals surface area contributed by atoms with Crippen molar-refractivity contribution in [3.8, 4) is 0 Å². The minimum absolute atomic E-state index is 0.00870. The number of halogens is 3. The van der Waals surface area contributed by atoms with Crippen molar-refractivity contribution >= 4 is 11.8 Å². The number of hydrogen-bond acceptors (Lipinski definition) is 5. The maximum atomic E-state index is 14.5. The summed E-state index contributed by atoms with van der Waals surface area (Å²) in [4.78, 5) is 28.3. The molecule has 1 aliphatic rings. The minimum atomic E-state index is -5.03. The van der Waals surface area contributed by atoms with E-state index < -0.39 is 35.4 Å². The molecule has 3 rings (SSSR count). The number of esters is 1. The molecule has 33 heavy (non-hydrogen) atoms. The average Bonchev–Trinajstić information content (AvgIpc) is 2.80. The normalized spacial score (nSPS) is 21.2. The van der Waals surface area contributed by atoms with Crippen molar-refractivity contribution in [2.24, 2.45) is 11.8 Å². The van der Waals surface area contributed by atoms with Crippen molar-refractivity contribution in [1.82, 2.24) is 4.90 Å². The van der Waals surface area contributed by atoms with Gasteiger partial charge in [0.05, 0.1) is 12.5 Å². The van der Waals surface area contributed by atoms with Crippen LogP contribution < -0.4 is 0 Å². The standard InChI is InChI=1S/C25H28F3NO4/c1-3-33-23(31)20-14-15-29(16-18-10-6-4-7-11-18)17-21(20)22(30)24(32-2,25(26,27)28)19-12-8-5-9-13-19/h4-13,20-21H,3,14-17H2,1-2H3/t20-,21+,24-/m0/s1. The van der Waals surface area contributed by atoms with E-state index in [0.29, 0.717) is 13.1 Å². The van der Waals surface area contributed by atoms with Gasteiger partial charge in [0.1, 0.15) is 0 Å². The van der Waals surface area contributed by atoms with Gasteiger partial charge in [0, 0.05) is 31.7 Å². The predicted octanol–water partition coefficient (Wildman–Crippen LogP) is 4.36. The maximum Gasteiger partial charge on any atom is 0.428 e. The monoisotopic (exact) mass is 463 g/mol. The molecule has 8 heteroatoms. The molecule has 0 unspecified atom stereocenters. The van der Waals surface area contributed by atoms with E-state index in [1.165, 1.54) is 24.3 Å². The Balaban J connectivity index is 2.01. The van der Waals surface area contributed by atoms with Crippen molar-refractivity contribution in [3.05, 3.63) is 71.8 Å². The van der Waals surface area contributed by atoms with Crippen molar-refractivity contribution in [1.29, 1.82) is 0 Å². The first-order valence-corrected chi connectivity index (χ1v) is 10.9. The van der Waals surface area contributed by atoms with Gasteiger partial charge >= 0.3 is 12.1 Å². The molecule has 0 bridgehead atoms. The molecule has 0 radical (unpaired) electrons. The molecule has 0 aromatic heterocycles. The van der Waals surface area contributed by atoms with Crippen molar-refractivity contribution in [3.63, 3.8) is 0 Å². The number of rotatable bonds is 8. The number of methoxy groups -OCH3 is 1. The Morgan fingerprint density at radius 3 is 2.15 bits per heavy atom. The number of ketones is 1. The third kappa shape index (κ3) is 5.12. The molecule has 2 aromatic carbocycles. The lowest BCUT2D eigenvalue weighted by Gasteiger charge is -2.42. The van der Waals surface area contributed by atoms with Crippen LogP contribution in [-0.2, 0) is 31.2 Å². The SMILES string of the molecule is CCOC(=O)[C@H]1CCN(Cc2ccccc2)C[C@H]1C(=O)[C@@](OC)(c1ccccc1)C(F)(F)F. The summed E-state index contributed by atoms with van der Waals surface area (Å²) >= 11 is 0. The summed E-state index contributed by atoms with van der Waals surface area (Å²) in [7, 11) is 0.877. The first kappa shape index (κ1) is 24.9. The minimum Gasteiger partial charge on any atom is -0.466 e. The number of piperidine rings is 1. The van der Waals surface area contributed by atoms with Crippen LogP contribution in [0, 0.1) is 11.8 Å². The summed E-state index contributed by atoms with van der Waals surface area (Å²) in [5, 5.41) is 0. The number of hydrogen-bond donors (Lipinski definition) is 0. The topological polar surface area (TPSA) is 55.8 Å². The van der Waals surface area contributed by atoms with Crippen LogP contribution in [0.25, 0.3) is 0 Å². The fraction of sp³-hybridized carbons (Fsp3) is 0.440. The van der Waals surface area contributed by atoms with Crippen molar-refractivity contribution in [2.45, 2.75) is 31.7 Å². The molecule has 0 N–H and O–H groups in total. The molecule has 1 heterocycles. The first-order valence-electron chi connectivity index (χ1n) is 10.9. The zero-order valence-electron chi connectivity index (χ0n) is 18.7. The maximum absolute atomic E-state index is 14.5. The second kappa shape index (κ2) is 10.5. The Kier molecular flexibility index (Phi) is 7.92.